The number of aryl methyl sites for hydroxylation is 1. The van der Waals surface area contributed by atoms with Gasteiger partial charge < -0.3 is 14.4 Å². The molecule has 0 spiro atoms. The van der Waals surface area contributed by atoms with Crippen LogP contribution in [0.25, 0.3) is 11.3 Å². The van der Waals surface area contributed by atoms with Gasteiger partial charge in [-0.05, 0) is 37.8 Å². The lowest BCUT2D eigenvalue weighted by molar-refractivity contribution is 0.0600. The average Bonchev–Trinajstić information content (AvgIpc) is 2.73. The maximum absolute atomic E-state index is 11.7. The van der Waals surface area contributed by atoms with Gasteiger partial charge in [0, 0.05) is 29.9 Å². The van der Waals surface area contributed by atoms with Crippen molar-refractivity contribution in [3.63, 3.8) is 0 Å². The predicted octanol–water partition coefficient (Wildman–Crippen LogP) is 2.65. The number of ether oxygens (including phenoxy) is 2. The molecule has 1 fully saturated rings. The topological polar surface area (TPSA) is 64.5 Å². The molecule has 1 aliphatic heterocycles. The third-order valence-corrected chi connectivity index (χ3v) is 5.04. The van der Waals surface area contributed by atoms with E-state index in [4.69, 9.17) is 19.4 Å². The van der Waals surface area contributed by atoms with Crippen LogP contribution < -0.4 is 4.90 Å². The Labute approximate surface area is 153 Å². The molecule has 1 aromatic carbocycles. The minimum Gasteiger partial charge on any atom is -0.465 e. The van der Waals surface area contributed by atoms with E-state index < -0.39 is 0 Å². The standard InChI is InChI=1S/C20H23N3O3/c1-25-19(24)15-8-6-14(7-9-15)18-16-4-2-3-5-17(16)21-20(22-18)23-10-12-26-13-11-23/h6-9H,2-5,10-13H2,1H3. The Bertz CT molecular complexity index is 799. The Hall–Kier alpha value is -2.47. The van der Waals surface area contributed by atoms with E-state index in [1.54, 1.807) is 12.1 Å². The van der Waals surface area contributed by atoms with E-state index in [2.05, 4.69) is 4.90 Å². The van der Waals surface area contributed by atoms with Gasteiger partial charge in [-0.25, -0.2) is 14.8 Å². The van der Waals surface area contributed by atoms with E-state index >= 15 is 0 Å². The van der Waals surface area contributed by atoms with Crippen molar-refractivity contribution in [3.8, 4) is 11.3 Å². The molecule has 0 atom stereocenters. The number of benzene rings is 1. The normalized spacial score (nSPS) is 16.9. The highest BCUT2D eigenvalue weighted by molar-refractivity contribution is 5.90. The van der Waals surface area contributed by atoms with Crippen molar-refractivity contribution < 1.29 is 14.3 Å². The lowest BCUT2D eigenvalue weighted by atomic mass is 9.92. The van der Waals surface area contributed by atoms with E-state index in [0.717, 1.165) is 43.1 Å². The molecule has 0 radical (unpaired) electrons. The summed E-state index contributed by atoms with van der Waals surface area (Å²) in [4.78, 5) is 23.7. The first-order valence-corrected chi connectivity index (χ1v) is 9.17. The minimum absolute atomic E-state index is 0.324. The zero-order valence-electron chi connectivity index (χ0n) is 15.0. The molecule has 1 saturated heterocycles. The van der Waals surface area contributed by atoms with Crippen molar-refractivity contribution in [2.45, 2.75) is 25.7 Å². The Kier molecular flexibility index (Phi) is 4.84. The van der Waals surface area contributed by atoms with Crippen LogP contribution in [0.1, 0.15) is 34.5 Å². The van der Waals surface area contributed by atoms with Gasteiger partial charge in [0.25, 0.3) is 0 Å². The van der Waals surface area contributed by atoms with Crippen molar-refractivity contribution in [1.82, 2.24) is 9.97 Å². The molecule has 1 aliphatic carbocycles. The smallest absolute Gasteiger partial charge is 0.337 e. The van der Waals surface area contributed by atoms with E-state index in [1.165, 1.54) is 31.2 Å². The summed E-state index contributed by atoms with van der Waals surface area (Å²) >= 11 is 0. The number of nitrogens with zero attached hydrogens (tertiary/aromatic N) is 3. The molecule has 0 amide bonds. The van der Waals surface area contributed by atoms with Crippen molar-refractivity contribution in [1.29, 1.82) is 0 Å². The number of hydrogen-bond acceptors (Lipinski definition) is 6. The number of aromatic nitrogens is 2. The monoisotopic (exact) mass is 353 g/mol. The van der Waals surface area contributed by atoms with Crippen LogP contribution in [-0.2, 0) is 22.3 Å². The summed E-state index contributed by atoms with van der Waals surface area (Å²) < 4.78 is 10.2. The van der Waals surface area contributed by atoms with Crippen molar-refractivity contribution >= 4 is 11.9 Å². The van der Waals surface area contributed by atoms with Gasteiger partial charge in [-0.1, -0.05) is 12.1 Å². The van der Waals surface area contributed by atoms with E-state index in [1.807, 2.05) is 12.1 Å². The molecule has 2 aliphatic rings. The van der Waals surface area contributed by atoms with Gasteiger partial charge in [-0.15, -0.1) is 0 Å². The summed E-state index contributed by atoms with van der Waals surface area (Å²) in [5.74, 6) is 0.469. The van der Waals surface area contributed by atoms with Crippen LogP contribution in [0.5, 0.6) is 0 Å². The zero-order chi connectivity index (χ0) is 17.9. The number of rotatable bonds is 3. The van der Waals surface area contributed by atoms with E-state index in [-0.39, 0.29) is 5.97 Å². The molecular formula is C20H23N3O3. The summed E-state index contributed by atoms with van der Waals surface area (Å²) in [6.07, 6.45) is 4.35. The van der Waals surface area contributed by atoms with Gasteiger partial charge in [0.1, 0.15) is 0 Å². The number of methoxy groups -OCH3 is 1. The summed E-state index contributed by atoms with van der Waals surface area (Å²) in [6.45, 7) is 3.06. The molecule has 6 heteroatoms. The predicted molar refractivity (Wildman–Crippen MR) is 98.5 cm³/mol. The molecule has 0 N–H and O–H groups in total. The first-order chi connectivity index (χ1) is 12.8. The number of carbonyl (C=O) groups excluding carboxylic acids is 1. The molecule has 26 heavy (non-hydrogen) atoms. The average molecular weight is 353 g/mol. The van der Waals surface area contributed by atoms with Crippen LogP contribution in [0, 0.1) is 0 Å². The Balaban J connectivity index is 1.74. The maximum atomic E-state index is 11.7. The fraction of sp³-hybridized carbons (Fsp3) is 0.450. The lowest BCUT2D eigenvalue weighted by Gasteiger charge is -2.29. The van der Waals surface area contributed by atoms with Crippen LogP contribution in [0.15, 0.2) is 24.3 Å². The first kappa shape index (κ1) is 17.0. The van der Waals surface area contributed by atoms with Crippen LogP contribution in [0.3, 0.4) is 0 Å². The highest BCUT2D eigenvalue weighted by Crippen LogP contribution is 2.31. The molecule has 1 aromatic heterocycles. The van der Waals surface area contributed by atoms with Gasteiger partial charge in [0.15, 0.2) is 0 Å². The highest BCUT2D eigenvalue weighted by Gasteiger charge is 2.22. The lowest BCUT2D eigenvalue weighted by Crippen LogP contribution is -2.37. The second-order valence-corrected chi connectivity index (χ2v) is 6.67. The fourth-order valence-electron chi connectivity index (χ4n) is 3.61. The number of hydrogen-bond donors (Lipinski definition) is 0. The zero-order valence-corrected chi connectivity index (χ0v) is 15.0. The maximum Gasteiger partial charge on any atom is 0.337 e. The highest BCUT2D eigenvalue weighted by atomic mass is 16.5. The number of morpholine rings is 1. The molecular weight excluding hydrogens is 330 g/mol. The number of carbonyl (C=O) groups is 1. The molecule has 2 heterocycles. The summed E-state index contributed by atoms with van der Waals surface area (Å²) in [6, 6.07) is 7.50. The quantitative estimate of drug-likeness (QED) is 0.791. The van der Waals surface area contributed by atoms with Crippen LogP contribution in [-0.4, -0.2) is 49.4 Å². The molecule has 0 bridgehead atoms. The van der Waals surface area contributed by atoms with Gasteiger partial charge in [0.05, 0.1) is 31.6 Å². The van der Waals surface area contributed by atoms with Gasteiger partial charge in [0.2, 0.25) is 5.95 Å². The first-order valence-electron chi connectivity index (χ1n) is 9.17. The van der Waals surface area contributed by atoms with Gasteiger partial charge >= 0.3 is 5.97 Å². The third kappa shape index (κ3) is 3.29. The molecule has 6 nitrogen and oxygen atoms in total. The largest absolute Gasteiger partial charge is 0.465 e. The van der Waals surface area contributed by atoms with Crippen LogP contribution >= 0.6 is 0 Å². The van der Waals surface area contributed by atoms with Crippen molar-refractivity contribution in [2.24, 2.45) is 0 Å². The number of anilines is 1. The second kappa shape index (κ2) is 7.41. The molecule has 0 saturated carbocycles. The fourth-order valence-corrected chi connectivity index (χ4v) is 3.61. The minimum atomic E-state index is -0.324. The molecule has 2 aromatic rings. The van der Waals surface area contributed by atoms with Crippen LogP contribution in [0.2, 0.25) is 0 Å². The van der Waals surface area contributed by atoms with Crippen molar-refractivity contribution in [2.75, 3.05) is 38.3 Å². The van der Waals surface area contributed by atoms with E-state index in [0.29, 0.717) is 18.8 Å². The Morgan fingerprint density at radius 1 is 1.08 bits per heavy atom. The Morgan fingerprint density at radius 3 is 2.54 bits per heavy atom. The summed E-state index contributed by atoms with van der Waals surface area (Å²) in [5.41, 5.74) is 4.98. The molecule has 4 rings (SSSR count). The number of fused-ring (bicyclic) bond motifs is 1. The third-order valence-electron chi connectivity index (χ3n) is 5.04. The Morgan fingerprint density at radius 2 is 1.81 bits per heavy atom. The molecule has 136 valence electrons. The van der Waals surface area contributed by atoms with Crippen molar-refractivity contribution in [3.05, 3.63) is 41.1 Å². The summed E-state index contributed by atoms with van der Waals surface area (Å²) in [5, 5.41) is 0. The number of esters is 1. The molecule has 0 unspecified atom stereocenters. The van der Waals surface area contributed by atoms with Gasteiger partial charge in [-0.2, -0.15) is 0 Å². The van der Waals surface area contributed by atoms with Gasteiger partial charge in [-0.3, -0.25) is 0 Å². The van der Waals surface area contributed by atoms with E-state index in [9.17, 15) is 4.79 Å². The second-order valence-electron chi connectivity index (χ2n) is 6.67. The SMILES string of the molecule is COC(=O)c1ccc(-c2nc(N3CCOCC3)nc3c2CCCC3)cc1. The summed E-state index contributed by atoms with van der Waals surface area (Å²) in [7, 11) is 1.39. The van der Waals surface area contributed by atoms with Crippen LogP contribution in [0.4, 0.5) is 5.95 Å².